The lowest BCUT2D eigenvalue weighted by Crippen LogP contribution is -2.35. The van der Waals surface area contributed by atoms with Crippen molar-refractivity contribution in [2.45, 2.75) is 25.3 Å². The lowest BCUT2D eigenvalue weighted by Gasteiger charge is -2.23. The molecule has 0 saturated heterocycles. The zero-order valence-corrected chi connectivity index (χ0v) is 24.8. The van der Waals surface area contributed by atoms with Crippen molar-refractivity contribution in [3.63, 3.8) is 0 Å². The van der Waals surface area contributed by atoms with Crippen molar-refractivity contribution in [3.05, 3.63) is 138 Å². The molecule has 0 bridgehead atoms. The van der Waals surface area contributed by atoms with E-state index < -0.39 is 12.0 Å². The Labute approximate surface area is 262 Å². The van der Waals surface area contributed by atoms with Crippen LogP contribution in [0.15, 0.2) is 121 Å². The second-order valence-electron chi connectivity index (χ2n) is 11.3. The van der Waals surface area contributed by atoms with Gasteiger partial charge in [-0.25, -0.2) is 4.79 Å². The molecule has 6 rings (SSSR count). The van der Waals surface area contributed by atoms with Crippen LogP contribution in [0.2, 0.25) is 0 Å². The van der Waals surface area contributed by atoms with Crippen molar-refractivity contribution < 1.29 is 24.2 Å². The van der Waals surface area contributed by atoms with Gasteiger partial charge in [-0.05, 0) is 65.6 Å². The third-order valence-electron chi connectivity index (χ3n) is 8.02. The summed E-state index contributed by atoms with van der Waals surface area (Å²) in [5.41, 5.74) is 3.08. The van der Waals surface area contributed by atoms with Crippen molar-refractivity contribution in [1.29, 1.82) is 0 Å². The van der Waals surface area contributed by atoms with Gasteiger partial charge in [-0.1, -0.05) is 84.9 Å². The van der Waals surface area contributed by atoms with Crippen LogP contribution in [0.5, 0.6) is 5.75 Å². The maximum Gasteiger partial charge on any atom is 0.326 e. The molecule has 226 valence electrons. The maximum atomic E-state index is 13.1. The summed E-state index contributed by atoms with van der Waals surface area (Å²) < 4.78 is 6.02. The van der Waals surface area contributed by atoms with Gasteiger partial charge in [-0.2, -0.15) is 0 Å². The fraction of sp³-hybridized carbons (Fsp3) is 0.184. The quantitative estimate of drug-likeness (QED) is 0.142. The molecule has 5 aromatic rings. The highest BCUT2D eigenvalue weighted by Gasteiger charge is 2.34. The number of fused-ring (bicyclic) bond motifs is 1. The van der Waals surface area contributed by atoms with Gasteiger partial charge >= 0.3 is 5.97 Å². The summed E-state index contributed by atoms with van der Waals surface area (Å²) in [5.74, 6) is -0.359. The SMILES string of the molecule is O=C(c1ccccc1)c1ccccc1NC(Cc1ccc(OCCN(C(=O)C2CC2)c2ccc3ccccc3c2)cc1)C(=O)O. The van der Waals surface area contributed by atoms with E-state index in [0.29, 0.717) is 35.7 Å². The Morgan fingerprint density at radius 3 is 2.22 bits per heavy atom. The Morgan fingerprint density at radius 2 is 1.49 bits per heavy atom. The summed E-state index contributed by atoms with van der Waals surface area (Å²) >= 11 is 0. The molecule has 1 aliphatic rings. The molecule has 1 unspecified atom stereocenters. The molecule has 0 heterocycles. The molecule has 0 spiro atoms. The van der Waals surface area contributed by atoms with E-state index in [-0.39, 0.29) is 24.0 Å². The van der Waals surface area contributed by atoms with E-state index in [1.165, 1.54) is 0 Å². The first-order valence-corrected chi connectivity index (χ1v) is 15.2. The highest BCUT2D eigenvalue weighted by molar-refractivity contribution is 6.12. The van der Waals surface area contributed by atoms with Gasteiger partial charge in [-0.3, -0.25) is 9.59 Å². The molecule has 1 fully saturated rings. The Balaban J connectivity index is 1.09. The van der Waals surface area contributed by atoms with Gasteiger partial charge in [0.05, 0.1) is 6.54 Å². The molecule has 2 N–H and O–H groups in total. The summed E-state index contributed by atoms with van der Waals surface area (Å²) in [4.78, 5) is 40.3. The van der Waals surface area contributed by atoms with Crippen LogP contribution < -0.4 is 15.0 Å². The van der Waals surface area contributed by atoms with Crippen LogP contribution in [0.25, 0.3) is 10.8 Å². The number of rotatable bonds is 13. The Morgan fingerprint density at radius 1 is 0.800 bits per heavy atom. The standard InChI is InChI=1S/C38H34N2O5/c41-36(28-9-2-1-3-10-28)33-12-6-7-13-34(33)39-35(38(43)44)24-26-14-20-32(21-15-26)45-23-22-40(37(42)29-16-17-29)31-19-18-27-8-4-5-11-30(27)25-31/h1-15,18-21,25,29,35,39H,16-17,22-24H2,(H,43,44). The van der Waals surface area contributed by atoms with E-state index in [1.807, 2.05) is 71.6 Å². The zero-order valence-electron chi connectivity index (χ0n) is 24.8. The van der Waals surface area contributed by atoms with Crippen LogP contribution >= 0.6 is 0 Å². The van der Waals surface area contributed by atoms with Gasteiger partial charge in [0.25, 0.3) is 0 Å². The van der Waals surface area contributed by atoms with Crippen LogP contribution in [0, 0.1) is 5.92 Å². The number of anilines is 2. The number of carbonyl (C=O) groups excluding carboxylic acids is 2. The molecule has 0 aromatic heterocycles. The van der Waals surface area contributed by atoms with Crippen LogP contribution in [0.3, 0.4) is 0 Å². The van der Waals surface area contributed by atoms with Crippen molar-refractivity contribution in [2.75, 3.05) is 23.4 Å². The lowest BCUT2D eigenvalue weighted by molar-refractivity contribution is -0.137. The molecule has 0 radical (unpaired) electrons. The fourth-order valence-corrected chi connectivity index (χ4v) is 5.41. The second-order valence-corrected chi connectivity index (χ2v) is 11.3. The van der Waals surface area contributed by atoms with Gasteiger partial charge in [0, 0.05) is 34.8 Å². The summed E-state index contributed by atoms with van der Waals surface area (Å²) in [5, 5.41) is 15.3. The zero-order chi connectivity index (χ0) is 31.2. The Bertz CT molecular complexity index is 1820. The van der Waals surface area contributed by atoms with E-state index in [9.17, 15) is 19.5 Å². The van der Waals surface area contributed by atoms with Crippen molar-refractivity contribution in [3.8, 4) is 5.75 Å². The highest BCUT2D eigenvalue weighted by atomic mass is 16.5. The lowest BCUT2D eigenvalue weighted by atomic mass is 10.00. The second kappa shape index (κ2) is 13.5. The molecule has 1 aliphatic carbocycles. The van der Waals surface area contributed by atoms with Gasteiger partial charge < -0.3 is 20.1 Å². The average molecular weight is 599 g/mol. The summed E-state index contributed by atoms with van der Waals surface area (Å²) in [6.07, 6.45) is 2.05. The average Bonchev–Trinajstić information content (AvgIpc) is 3.93. The first-order chi connectivity index (χ1) is 22.0. The van der Waals surface area contributed by atoms with Gasteiger partial charge in [-0.15, -0.1) is 0 Å². The molecule has 7 heteroatoms. The highest BCUT2D eigenvalue weighted by Crippen LogP contribution is 2.33. The van der Waals surface area contributed by atoms with Crippen molar-refractivity contribution in [2.24, 2.45) is 5.92 Å². The minimum Gasteiger partial charge on any atom is -0.492 e. The number of carboxylic acid groups (broad SMARTS) is 1. The van der Waals surface area contributed by atoms with Crippen LogP contribution in [0.1, 0.15) is 34.3 Å². The van der Waals surface area contributed by atoms with E-state index in [2.05, 4.69) is 11.4 Å². The Kier molecular flexibility index (Phi) is 8.87. The minimum absolute atomic E-state index is 0.0787. The number of hydrogen-bond acceptors (Lipinski definition) is 5. The summed E-state index contributed by atoms with van der Waals surface area (Å²) in [7, 11) is 0. The Hall–Kier alpha value is -5.43. The fourth-order valence-electron chi connectivity index (χ4n) is 5.41. The molecule has 0 aliphatic heterocycles. The molecule has 5 aromatic carbocycles. The number of hydrogen-bond donors (Lipinski definition) is 2. The molecule has 45 heavy (non-hydrogen) atoms. The normalized spacial score (nSPS) is 13.2. The molecule has 1 saturated carbocycles. The number of amides is 1. The smallest absolute Gasteiger partial charge is 0.326 e. The molecule has 1 atom stereocenters. The number of para-hydroxylation sites is 1. The predicted octanol–water partition coefficient (Wildman–Crippen LogP) is 7.00. The van der Waals surface area contributed by atoms with Gasteiger partial charge in [0.1, 0.15) is 18.4 Å². The van der Waals surface area contributed by atoms with Gasteiger partial charge in [0.2, 0.25) is 5.91 Å². The van der Waals surface area contributed by atoms with Crippen LogP contribution in [0.4, 0.5) is 11.4 Å². The number of carbonyl (C=O) groups is 3. The van der Waals surface area contributed by atoms with Crippen LogP contribution in [-0.4, -0.2) is 42.0 Å². The van der Waals surface area contributed by atoms with Crippen molar-refractivity contribution >= 4 is 39.8 Å². The molecular formula is C38H34N2O5. The monoisotopic (exact) mass is 598 g/mol. The summed E-state index contributed by atoms with van der Waals surface area (Å²) in [6.45, 7) is 0.734. The van der Waals surface area contributed by atoms with E-state index >= 15 is 0 Å². The predicted molar refractivity (Wildman–Crippen MR) is 176 cm³/mol. The third-order valence-corrected chi connectivity index (χ3v) is 8.02. The van der Waals surface area contributed by atoms with E-state index in [4.69, 9.17) is 4.74 Å². The minimum atomic E-state index is -1.02. The maximum absolute atomic E-state index is 13.1. The third kappa shape index (κ3) is 7.21. The largest absolute Gasteiger partial charge is 0.492 e. The van der Waals surface area contributed by atoms with E-state index in [0.717, 1.165) is 34.9 Å². The molecule has 7 nitrogen and oxygen atoms in total. The number of carboxylic acids is 1. The van der Waals surface area contributed by atoms with Gasteiger partial charge in [0.15, 0.2) is 5.78 Å². The number of ketones is 1. The number of benzene rings is 5. The molecule has 1 amide bonds. The number of aliphatic carboxylic acids is 1. The van der Waals surface area contributed by atoms with Crippen molar-refractivity contribution in [1.82, 2.24) is 0 Å². The number of nitrogens with zero attached hydrogens (tertiary/aromatic N) is 1. The number of nitrogens with one attached hydrogen (secondary N) is 1. The van der Waals surface area contributed by atoms with Crippen LogP contribution in [-0.2, 0) is 16.0 Å². The summed E-state index contributed by atoms with van der Waals surface area (Å²) in [6, 6.07) is 36.4. The first-order valence-electron chi connectivity index (χ1n) is 15.2. The van der Waals surface area contributed by atoms with E-state index in [1.54, 1.807) is 48.5 Å². The topological polar surface area (TPSA) is 95.9 Å². The number of ether oxygens (including phenoxy) is 1. The first kappa shape index (κ1) is 29.6. The molecular weight excluding hydrogens is 564 g/mol.